The van der Waals surface area contributed by atoms with Crippen molar-refractivity contribution in [3.8, 4) is 0 Å². The van der Waals surface area contributed by atoms with Crippen LogP contribution in [0.25, 0.3) is 0 Å². The molecule has 1 atom stereocenters. The van der Waals surface area contributed by atoms with Crippen LogP contribution < -0.4 is 5.73 Å². The molecule has 1 aromatic rings. The van der Waals surface area contributed by atoms with Crippen molar-refractivity contribution >= 4 is 0 Å². The smallest absolute Gasteiger partial charge is 0.126 e. The molecular weight excluding hydrogens is 193 g/mol. The Kier molecular flexibility index (Phi) is 3.47. The van der Waals surface area contributed by atoms with Gasteiger partial charge in [0.15, 0.2) is 0 Å². The Morgan fingerprint density at radius 1 is 1.47 bits per heavy atom. The molecule has 0 aliphatic heterocycles. The molecule has 0 aromatic heterocycles. The zero-order chi connectivity index (χ0) is 11.6. The van der Waals surface area contributed by atoms with Crippen LogP contribution in [0, 0.1) is 18.2 Å². The van der Waals surface area contributed by atoms with Gasteiger partial charge in [-0.15, -0.1) is 0 Å². The molecule has 0 radical (unpaired) electrons. The number of rotatable bonds is 3. The molecule has 0 aliphatic carbocycles. The van der Waals surface area contributed by atoms with Gasteiger partial charge < -0.3 is 10.8 Å². The van der Waals surface area contributed by atoms with Crippen LogP contribution in [-0.2, 0) is 0 Å². The van der Waals surface area contributed by atoms with Crippen LogP contribution >= 0.6 is 0 Å². The van der Waals surface area contributed by atoms with Crippen LogP contribution in [-0.4, -0.2) is 11.7 Å². The van der Waals surface area contributed by atoms with Crippen molar-refractivity contribution in [3.05, 3.63) is 35.1 Å². The summed E-state index contributed by atoms with van der Waals surface area (Å²) in [6.45, 7) is 5.83. The van der Waals surface area contributed by atoms with E-state index in [2.05, 4.69) is 0 Å². The summed E-state index contributed by atoms with van der Waals surface area (Å²) < 4.78 is 13.0. The first kappa shape index (κ1) is 12.1. The van der Waals surface area contributed by atoms with E-state index in [9.17, 15) is 9.50 Å². The van der Waals surface area contributed by atoms with E-state index >= 15 is 0 Å². The number of aryl methyl sites for hydroxylation is 1. The third kappa shape index (κ3) is 2.55. The minimum absolute atomic E-state index is 0.253. The van der Waals surface area contributed by atoms with E-state index in [1.807, 2.05) is 13.8 Å². The summed E-state index contributed by atoms with van der Waals surface area (Å²) in [7, 11) is 0. The molecule has 0 amide bonds. The fourth-order valence-electron chi connectivity index (χ4n) is 1.40. The lowest BCUT2D eigenvalue weighted by atomic mass is 9.82. The number of hydrogen-bond acceptors (Lipinski definition) is 2. The average Bonchev–Trinajstić information content (AvgIpc) is 2.21. The quantitative estimate of drug-likeness (QED) is 0.804. The summed E-state index contributed by atoms with van der Waals surface area (Å²) in [5.41, 5.74) is 6.43. The third-order valence-corrected chi connectivity index (χ3v) is 2.76. The van der Waals surface area contributed by atoms with E-state index in [0.717, 1.165) is 0 Å². The highest BCUT2D eigenvalue weighted by molar-refractivity contribution is 5.26. The highest BCUT2D eigenvalue weighted by Gasteiger charge is 2.27. The second kappa shape index (κ2) is 4.29. The Morgan fingerprint density at radius 2 is 2.07 bits per heavy atom. The van der Waals surface area contributed by atoms with Gasteiger partial charge in [-0.1, -0.05) is 26.0 Å². The van der Waals surface area contributed by atoms with Gasteiger partial charge in [-0.3, -0.25) is 0 Å². The molecule has 2 nitrogen and oxygen atoms in total. The van der Waals surface area contributed by atoms with Gasteiger partial charge in [0.25, 0.3) is 0 Å². The maximum Gasteiger partial charge on any atom is 0.126 e. The van der Waals surface area contributed by atoms with Gasteiger partial charge in [0.2, 0.25) is 0 Å². The molecule has 0 saturated heterocycles. The van der Waals surface area contributed by atoms with E-state index in [1.54, 1.807) is 19.1 Å². The number of halogens is 1. The Labute approximate surface area is 89.9 Å². The highest BCUT2D eigenvalue weighted by atomic mass is 19.1. The van der Waals surface area contributed by atoms with Crippen molar-refractivity contribution in [3.63, 3.8) is 0 Å². The molecule has 0 heterocycles. The summed E-state index contributed by atoms with van der Waals surface area (Å²) in [6.07, 6.45) is -0.665. The largest absolute Gasteiger partial charge is 0.388 e. The van der Waals surface area contributed by atoms with Gasteiger partial charge in [-0.2, -0.15) is 0 Å². The first-order chi connectivity index (χ1) is 6.88. The van der Waals surface area contributed by atoms with Crippen molar-refractivity contribution in [2.24, 2.45) is 11.1 Å². The van der Waals surface area contributed by atoms with Crippen molar-refractivity contribution in [2.75, 3.05) is 6.54 Å². The Hall–Kier alpha value is -0.930. The maximum atomic E-state index is 13.0. The minimum atomic E-state index is -0.665. The Morgan fingerprint density at radius 3 is 2.53 bits per heavy atom. The van der Waals surface area contributed by atoms with Crippen LogP contribution in [0.15, 0.2) is 18.2 Å². The topological polar surface area (TPSA) is 46.2 Å². The van der Waals surface area contributed by atoms with E-state index < -0.39 is 11.5 Å². The third-order valence-electron chi connectivity index (χ3n) is 2.76. The van der Waals surface area contributed by atoms with Gasteiger partial charge in [0.1, 0.15) is 5.82 Å². The van der Waals surface area contributed by atoms with Crippen molar-refractivity contribution in [2.45, 2.75) is 26.9 Å². The van der Waals surface area contributed by atoms with E-state index in [-0.39, 0.29) is 5.82 Å². The number of nitrogens with two attached hydrogens (primary N) is 1. The van der Waals surface area contributed by atoms with Crippen LogP contribution in [0.1, 0.15) is 31.1 Å². The number of aliphatic hydroxyl groups is 1. The predicted molar refractivity (Wildman–Crippen MR) is 58.9 cm³/mol. The molecule has 1 aromatic carbocycles. The van der Waals surface area contributed by atoms with Gasteiger partial charge in [-0.05, 0) is 24.1 Å². The fraction of sp³-hybridized carbons (Fsp3) is 0.500. The summed E-state index contributed by atoms with van der Waals surface area (Å²) in [5, 5.41) is 10.1. The average molecular weight is 211 g/mol. The molecule has 1 rings (SSSR count). The van der Waals surface area contributed by atoms with Gasteiger partial charge in [0.05, 0.1) is 6.10 Å². The minimum Gasteiger partial charge on any atom is -0.388 e. The molecule has 3 N–H and O–H groups in total. The molecule has 0 aliphatic rings. The second-order valence-electron chi connectivity index (χ2n) is 4.60. The maximum absolute atomic E-state index is 13.0. The molecule has 0 bridgehead atoms. The number of hydrogen-bond donors (Lipinski definition) is 2. The van der Waals surface area contributed by atoms with Gasteiger partial charge in [-0.25, -0.2) is 4.39 Å². The second-order valence-corrected chi connectivity index (χ2v) is 4.60. The standard InChI is InChI=1S/C12H18FNO/c1-8-6-9(4-5-10(8)13)11(15)12(2,3)7-14/h4-6,11,15H,7,14H2,1-3H3. The van der Waals surface area contributed by atoms with Crippen LogP contribution in [0.4, 0.5) is 4.39 Å². The lowest BCUT2D eigenvalue weighted by molar-refractivity contribution is 0.0554. The Balaban J connectivity index is 3.02. The molecular formula is C12H18FNO. The molecule has 0 fully saturated rings. The van der Waals surface area contributed by atoms with E-state index in [4.69, 9.17) is 5.73 Å². The van der Waals surface area contributed by atoms with Crippen molar-refractivity contribution < 1.29 is 9.50 Å². The van der Waals surface area contributed by atoms with Crippen LogP contribution in [0.3, 0.4) is 0 Å². The van der Waals surface area contributed by atoms with Crippen LogP contribution in [0.5, 0.6) is 0 Å². The van der Waals surface area contributed by atoms with E-state index in [1.165, 1.54) is 6.07 Å². The molecule has 0 saturated carbocycles. The summed E-state index contributed by atoms with van der Waals surface area (Å²) in [4.78, 5) is 0. The van der Waals surface area contributed by atoms with Gasteiger partial charge >= 0.3 is 0 Å². The SMILES string of the molecule is Cc1cc(C(O)C(C)(C)CN)ccc1F. The van der Waals surface area contributed by atoms with E-state index in [0.29, 0.717) is 17.7 Å². The first-order valence-corrected chi connectivity index (χ1v) is 5.02. The fourth-order valence-corrected chi connectivity index (χ4v) is 1.40. The normalized spacial score (nSPS) is 14.0. The summed E-state index contributed by atoms with van der Waals surface area (Å²) in [5.74, 6) is -0.253. The molecule has 15 heavy (non-hydrogen) atoms. The molecule has 1 unspecified atom stereocenters. The Bertz CT molecular complexity index is 349. The molecule has 3 heteroatoms. The predicted octanol–water partition coefficient (Wildman–Crippen LogP) is 2.15. The number of benzene rings is 1. The monoisotopic (exact) mass is 211 g/mol. The lowest BCUT2D eigenvalue weighted by Gasteiger charge is -2.29. The van der Waals surface area contributed by atoms with Crippen molar-refractivity contribution in [1.82, 2.24) is 0 Å². The summed E-state index contributed by atoms with van der Waals surface area (Å²) in [6, 6.07) is 4.64. The first-order valence-electron chi connectivity index (χ1n) is 5.02. The number of aliphatic hydroxyl groups excluding tert-OH is 1. The zero-order valence-electron chi connectivity index (χ0n) is 9.42. The lowest BCUT2D eigenvalue weighted by Crippen LogP contribution is -2.30. The summed E-state index contributed by atoms with van der Waals surface area (Å²) >= 11 is 0. The zero-order valence-corrected chi connectivity index (χ0v) is 9.42. The van der Waals surface area contributed by atoms with Crippen LogP contribution in [0.2, 0.25) is 0 Å². The van der Waals surface area contributed by atoms with Crippen molar-refractivity contribution in [1.29, 1.82) is 0 Å². The highest BCUT2D eigenvalue weighted by Crippen LogP contribution is 2.32. The molecule has 84 valence electrons. The molecule has 0 spiro atoms. The van der Waals surface area contributed by atoms with Gasteiger partial charge in [0, 0.05) is 12.0 Å².